The third kappa shape index (κ3) is 6.14. The van der Waals surface area contributed by atoms with Gasteiger partial charge >= 0.3 is 18.9 Å². The number of imidazole rings is 1. The minimum Gasteiger partial charge on any atom is -0.433 e. The van der Waals surface area contributed by atoms with E-state index in [-0.39, 0.29) is 28.8 Å². The van der Waals surface area contributed by atoms with Crippen molar-refractivity contribution in [2.24, 2.45) is 5.41 Å². The standard InChI is InChI=1S/C20H22F5N3O.CO2/c1-5-13-15(11-26)28(17(6-2)27-13)14-8-7-12(9-16(14)29-18(21)22)10-19(3,4)20(23,24)25;2-1-3/h7-9,18H,5-6,10H2,1-4H3;. The van der Waals surface area contributed by atoms with Gasteiger partial charge in [0.05, 0.1) is 16.8 Å². The van der Waals surface area contributed by atoms with Crippen molar-refractivity contribution in [1.82, 2.24) is 9.55 Å². The quantitative estimate of drug-likeness (QED) is 0.543. The monoisotopic (exact) mass is 459 g/mol. The van der Waals surface area contributed by atoms with Crippen LogP contribution in [0.2, 0.25) is 0 Å². The van der Waals surface area contributed by atoms with Crippen molar-refractivity contribution < 1.29 is 36.3 Å². The van der Waals surface area contributed by atoms with Crippen LogP contribution in [-0.2, 0) is 28.9 Å². The smallest absolute Gasteiger partial charge is 0.394 e. The molecule has 0 aliphatic rings. The zero-order chi connectivity index (χ0) is 24.7. The van der Waals surface area contributed by atoms with E-state index in [0.717, 1.165) is 13.8 Å². The molecule has 0 unspecified atom stereocenters. The Balaban J connectivity index is 0.00000161. The first kappa shape index (κ1) is 26.8. The van der Waals surface area contributed by atoms with Crippen LogP contribution < -0.4 is 4.74 Å². The van der Waals surface area contributed by atoms with E-state index in [4.69, 9.17) is 9.59 Å². The summed E-state index contributed by atoms with van der Waals surface area (Å²) in [6.07, 6.45) is -3.73. The fourth-order valence-corrected chi connectivity index (χ4v) is 3.03. The highest BCUT2D eigenvalue weighted by molar-refractivity contribution is 5.53. The summed E-state index contributed by atoms with van der Waals surface area (Å²) in [6, 6.07) is 6.01. The van der Waals surface area contributed by atoms with E-state index in [9.17, 15) is 27.2 Å². The molecular formula is C21H22F5N3O3. The second kappa shape index (κ2) is 10.9. The van der Waals surface area contributed by atoms with Crippen LogP contribution >= 0.6 is 0 Å². The van der Waals surface area contributed by atoms with E-state index in [1.54, 1.807) is 6.92 Å². The number of rotatable bonds is 7. The molecule has 1 aromatic carbocycles. The number of aryl methyl sites for hydroxylation is 2. The van der Waals surface area contributed by atoms with Crippen molar-refractivity contribution in [1.29, 1.82) is 5.26 Å². The maximum atomic E-state index is 13.2. The lowest BCUT2D eigenvalue weighted by Gasteiger charge is -2.28. The molecule has 2 rings (SSSR count). The predicted octanol–water partition coefficient (Wildman–Crippen LogP) is 5.02. The van der Waals surface area contributed by atoms with Gasteiger partial charge in [-0.25, -0.2) is 4.98 Å². The molecule has 1 aromatic heterocycles. The van der Waals surface area contributed by atoms with Gasteiger partial charge in [0.2, 0.25) is 0 Å². The highest BCUT2D eigenvalue weighted by Gasteiger charge is 2.47. The SMILES string of the molecule is CCc1nc(CC)n(-c2ccc(CC(C)(C)C(F)(F)F)cc2OC(F)F)c1C#N.O=C=O. The van der Waals surface area contributed by atoms with Gasteiger partial charge in [-0.1, -0.05) is 33.8 Å². The maximum Gasteiger partial charge on any atom is 0.394 e. The highest BCUT2D eigenvalue weighted by atomic mass is 19.4. The zero-order valence-electron chi connectivity index (χ0n) is 17.9. The van der Waals surface area contributed by atoms with Gasteiger partial charge < -0.3 is 4.74 Å². The van der Waals surface area contributed by atoms with Crippen molar-refractivity contribution in [3.05, 3.63) is 41.0 Å². The summed E-state index contributed by atoms with van der Waals surface area (Å²) >= 11 is 0. The number of nitrogens with zero attached hydrogens (tertiary/aromatic N) is 3. The van der Waals surface area contributed by atoms with Crippen molar-refractivity contribution in [2.75, 3.05) is 0 Å². The van der Waals surface area contributed by atoms with Gasteiger partial charge in [0.25, 0.3) is 0 Å². The molecule has 0 spiro atoms. The van der Waals surface area contributed by atoms with Crippen LogP contribution in [0, 0.1) is 16.7 Å². The number of ether oxygens (including phenoxy) is 1. The minimum absolute atomic E-state index is 0.138. The van der Waals surface area contributed by atoms with Gasteiger partial charge in [-0.2, -0.15) is 36.8 Å². The molecule has 0 aliphatic carbocycles. The number of nitriles is 1. The lowest BCUT2D eigenvalue weighted by atomic mass is 9.85. The second-order valence-electron chi connectivity index (χ2n) is 7.30. The Morgan fingerprint density at radius 1 is 1.16 bits per heavy atom. The highest BCUT2D eigenvalue weighted by Crippen LogP contribution is 2.41. The molecule has 32 heavy (non-hydrogen) atoms. The Morgan fingerprint density at radius 2 is 1.75 bits per heavy atom. The average molecular weight is 459 g/mol. The Morgan fingerprint density at radius 3 is 2.19 bits per heavy atom. The number of alkyl halides is 5. The van der Waals surface area contributed by atoms with Crippen LogP contribution in [0.25, 0.3) is 5.69 Å². The molecule has 0 radical (unpaired) electrons. The van der Waals surface area contributed by atoms with E-state index in [2.05, 4.69) is 9.72 Å². The molecule has 6 nitrogen and oxygen atoms in total. The number of aromatic nitrogens is 2. The van der Waals surface area contributed by atoms with Gasteiger partial charge in [-0.05, 0) is 30.5 Å². The van der Waals surface area contributed by atoms with Gasteiger partial charge in [0.15, 0.2) is 0 Å². The molecule has 11 heteroatoms. The normalized spacial score (nSPS) is 11.4. The summed E-state index contributed by atoms with van der Waals surface area (Å²) in [6.45, 7) is 2.52. The fourth-order valence-electron chi connectivity index (χ4n) is 3.03. The van der Waals surface area contributed by atoms with Crippen LogP contribution in [0.1, 0.15) is 50.5 Å². The minimum atomic E-state index is -4.46. The number of carbonyl (C=O) groups excluding carboxylic acids is 2. The van der Waals surface area contributed by atoms with Crippen molar-refractivity contribution in [3.63, 3.8) is 0 Å². The summed E-state index contributed by atoms with van der Waals surface area (Å²) in [5.74, 6) is 0.169. The first-order chi connectivity index (χ1) is 14.9. The molecule has 2 aromatic rings. The molecule has 0 fully saturated rings. The molecule has 0 bridgehead atoms. The number of benzene rings is 1. The molecule has 0 aliphatic heterocycles. The van der Waals surface area contributed by atoms with Crippen LogP contribution in [0.5, 0.6) is 5.75 Å². The van der Waals surface area contributed by atoms with Crippen molar-refractivity contribution in [3.8, 4) is 17.5 Å². The van der Waals surface area contributed by atoms with E-state index in [1.807, 2.05) is 13.0 Å². The molecule has 0 N–H and O–H groups in total. The van der Waals surface area contributed by atoms with Crippen LogP contribution in [0.3, 0.4) is 0 Å². The Kier molecular flexibility index (Phi) is 9.09. The van der Waals surface area contributed by atoms with Gasteiger partial charge in [0, 0.05) is 6.42 Å². The molecule has 174 valence electrons. The van der Waals surface area contributed by atoms with E-state index >= 15 is 0 Å². The second-order valence-corrected chi connectivity index (χ2v) is 7.30. The number of hydrogen-bond donors (Lipinski definition) is 0. The molecular weight excluding hydrogens is 437 g/mol. The predicted molar refractivity (Wildman–Crippen MR) is 102 cm³/mol. The Bertz CT molecular complexity index is 1000. The van der Waals surface area contributed by atoms with Gasteiger partial charge in [0.1, 0.15) is 23.3 Å². The number of hydrogen-bond acceptors (Lipinski definition) is 5. The van der Waals surface area contributed by atoms with Crippen LogP contribution in [0.4, 0.5) is 22.0 Å². The average Bonchev–Trinajstić information content (AvgIpc) is 3.04. The summed E-state index contributed by atoms with van der Waals surface area (Å²) in [7, 11) is 0. The molecule has 0 saturated heterocycles. The summed E-state index contributed by atoms with van der Waals surface area (Å²) in [5.41, 5.74) is -1.02. The van der Waals surface area contributed by atoms with E-state index < -0.39 is 24.6 Å². The third-order valence-electron chi connectivity index (χ3n) is 4.67. The van der Waals surface area contributed by atoms with Crippen LogP contribution in [0.15, 0.2) is 18.2 Å². The molecule has 1 heterocycles. The van der Waals surface area contributed by atoms with Crippen molar-refractivity contribution >= 4 is 6.15 Å². The Labute approximate surface area is 181 Å². The lowest BCUT2D eigenvalue weighted by molar-refractivity contribution is -0.211. The zero-order valence-corrected chi connectivity index (χ0v) is 17.9. The van der Waals surface area contributed by atoms with Crippen molar-refractivity contribution in [2.45, 2.75) is 59.7 Å². The van der Waals surface area contributed by atoms with Gasteiger partial charge in [-0.15, -0.1) is 0 Å². The summed E-state index contributed by atoms with van der Waals surface area (Å²) in [4.78, 5) is 20.6. The van der Waals surface area contributed by atoms with E-state index in [0.29, 0.717) is 24.4 Å². The lowest BCUT2D eigenvalue weighted by Crippen LogP contribution is -2.34. The topological polar surface area (TPSA) is 85.0 Å². The fraction of sp³-hybridized carbons (Fsp3) is 0.476. The molecule has 0 atom stereocenters. The largest absolute Gasteiger partial charge is 0.433 e. The van der Waals surface area contributed by atoms with E-state index in [1.165, 1.54) is 22.8 Å². The van der Waals surface area contributed by atoms with Crippen LogP contribution in [-0.4, -0.2) is 28.5 Å². The molecule has 0 saturated carbocycles. The third-order valence-corrected chi connectivity index (χ3v) is 4.67. The first-order valence-electron chi connectivity index (χ1n) is 9.51. The Hall–Kier alpha value is -3.25. The summed E-state index contributed by atoms with van der Waals surface area (Å²) < 4.78 is 71.7. The van der Waals surface area contributed by atoms with Gasteiger partial charge in [-0.3, -0.25) is 4.57 Å². The first-order valence-corrected chi connectivity index (χ1v) is 9.51. The number of halogens is 5. The molecule has 0 amide bonds. The summed E-state index contributed by atoms with van der Waals surface area (Å²) in [5, 5.41) is 9.55. The maximum absolute atomic E-state index is 13.2.